The van der Waals surface area contributed by atoms with Crippen molar-refractivity contribution < 1.29 is 5.11 Å². The van der Waals surface area contributed by atoms with Crippen molar-refractivity contribution in [3.8, 4) is 0 Å². The molecule has 1 fully saturated rings. The average molecular weight is 180 g/mol. The van der Waals surface area contributed by atoms with Crippen LogP contribution in [-0.4, -0.2) is 5.11 Å². The minimum atomic E-state index is 0.458. The Morgan fingerprint density at radius 2 is 2.23 bits per heavy atom. The molecule has 2 rings (SSSR count). The Balaban J connectivity index is 0.000000396. The zero-order valence-corrected chi connectivity index (χ0v) is 8.88. The van der Waals surface area contributed by atoms with Gasteiger partial charge in [-0.15, -0.1) is 0 Å². The Hall–Kier alpha value is -0.720. The Bertz CT molecular complexity index is 227. The molecule has 1 heteroatoms. The van der Waals surface area contributed by atoms with Crippen molar-refractivity contribution in [2.75, 3.05) is 0 Å². The molecule has 0 aromatic rings. The second-order valence-corrected chi connectivity index (χ2v) is 3.72. The Morgan fingerprint density at radius 3 is 2.77 bits per heavy atom. The van der Waals surface area contributed by atoms with Crippen molar-refractivity contribution in [1.29, 1.82) is 0 Å². The van der Waals surface area contributed by atoms with Crippen LogP contribution in [0, 0.1) is 11.3 Å². The molecule has 2 atom stereocenters. The van der Waals surface area contributed by atoms with Crippen LogP contribution in [0.25, 0.3) is 0 Å². The van der Waals surface area contributed by atoms with Gasteiger partial charge >= 0.3 is 0 Å². The molecule has 0 aromatic carbocycles. The van der Waals surface area contributed by atoms with Crippen LogP contribution < -0.4 is 0 Å². The molecule has 1 N–H and O–H groups in total. The highest BCUT2D eigenvalue weighted by Crippen LogP contribution is 2.59. The number of fused-ring (bicyclic) bond motifs is 1. The van der Waals surface area contributed by atoms with E-state index in [4.69, 9.17) is 5.11 Å². The second kappa shape index (κ2) is 3.99. The van der Waals surface area contributed by atoms with Gasteiger partial charge in [0.2, 0.25) is 0 Å². The van der Waals surface area contributed by atoms with Crippen LogP contribution in [0.4, 0.5) is 0 Å². The first-order valence-electron chi connectivity index (χ1n) is 5.37. The molecule has 13 heavy (non-hydrogen) atoms. The lowest BCUT2D eigenvalue weighted by atomic mass is 9.94. The highest BCUT2D eigenvalue weighted by Gasteiger charge is 2.51. The van der Waals surface area contributed by atoms with E-state index in [9.17, 15) is 0 Å². The van der Waals surface area contributed by atoms with Crippen LogP contribution in [0.3, 0.4) is 0 Å². The first-order chi connectivity index (χ1) is 6.27. The summed E-state index contributed by atoms with van der Waals surface area (Å²) in [6.45, 7) is 6.22. The van der Waals surface area contributed by atoms with Crippen LogP contribution in [0.1, 0.15) is 40.0 Å². The molecule has 0 heterocycles. The molecular formula is C12H20O. The molecule has 0 spiro atoms. The van der Waals surface area contributed by atoms with Gasteiger partial charge < -0.3 is 5.11 Å². The summed E-state index contributed by atoms with van der Waals surface area (Å²) in [4.78, 5) is 0. The Morgan fingerprint density at radius 1 is 1.54 bits per heavy atom. The fourth-order valence-corrected chi connectivity index (χ4v) is 2.12. The van der Waals surface area contributed by atoms with E-state index in [1.54, 1.807) is 0 Å². The number of hydrogen-bond donors (Lipinski definition) is 1. The zero-order valence-electron chi connectivity index (χ0n) is 8.88. The molecule has 2 unspecified atom stereocenters. The van der Waals surface area contributed by atoms with Crippen LogP contribution >= 0.6 is 0 Å². The molecule has 2 aliphatic rings. The van der Waals surface area contributed by atoms with E-state index in [-0.39, 0.29) is 0 Å². The summed E-state index contributed by atoms with van der Waals surface area (Å²) in [5.41, 5.74) is 0.459. The number of rotatable bonds is 2. The quantitative estimate of drug-likeness (QED) is 0.684. The third-order valence-corrected chi connectivity index (χ3v) is 2.85. The van der Waals surface area contributed by atoms with Crippen LogP contribution in [-0.2, 0) is 0 Å². The molecule has 1 saturated carbocycles. The molecular weight excluding hydrogens is 160 g/mol. The summed E-state index contributed by atoms with van der Waals surface area (Å²) in [6.07, 6.45) is 9.81. The third-order valence-electron chi connectivity index (χ3n) is 2.85. The van der Waals surface area contributed by atoms with Gasteiger partial charge in [-0.05, 0) is 36.3 Å². The molecule has 0 amide bonds. The van der Waals surface area contributed by atoms with Gasteiger partial charge in [0, 0.05) is 0 Å². The maximum Gasteiger partial charge on any atom is 0.111 e. The minimum absolute atomic E-state index is 0.458. The van der Waals surface area contributed by atoms with Gasteiger partial charge in [0.05, 0.1) is 0 Å². The number of allylic oxidation sites excluding steroid dienone is 3. The summed E-state index contributed by atoms with van der Waals surface area (Å²) in [7, 11) is 0. The smallest absolute Gasteiger partial charge is 0.111 e. The van der Waals surface area contributed by atoms with Crippen LogP contribution in [0.15, 0.2) is 24.0 Å². The second-order valence-electron chi connectivity index (χ2n) is 3.72. The van der Waals surface area contributed by atoms with E-state index in [0.717, 1.165) is 0 Å². The number of hydrogen-bond acceptors (Lipinski definition) is 1. The van der Waals surface area contributed by atoms with Crippen LogP contribution in [0.2, 0.25) is 0 Å². The van der Waals surface area contributed by atoms with Crippen molar-refractivity contribution in [2.24, 2.45) is 11.3 Å². The maximum atomic E-state index is 9.16. The van der Waals surface area contributed by atoms with Crippen molar-refractivity contribution in [3.05, 3.63) is 24.0 Å². The average Bonchev–Trinajstić information content (AvgIpc) is 2.82. The van der Waals surface area contributed by atoms with E-state index in [0.29, 0.717) is 17.1 Å². The molecule has 0 aromatic heterocycles. The molecule has 0 saturated heterocycles. The molecule has 74 valence electrons. The predicted octanol–water partition coefficient (Wildman–Crippen LogP) is 3.83. The Labute approximate surface area is 81.2 Å². The maximum absolute atomic E-state index is 9.16. The molecule has 0 bridgehead atoms. The number of aliphatic hydroxyl groups excluding tert-OH is 1. The van der Waals surface area contributed by atoms with Gasteiger partial charge in [0.25, 0.3) is 0 Å². The van der Waals surface area contributed by atoms with Crippen molar-refractivity contribution in [3.63, 3.8) is 0 Å². The van der Waals surface area contributed by atoms with Gasteiger partial charge in [-0.25, -0.2) is 0 Å². The van der Waals surface area contributed by atoms with Crippen molar-refractivity contribution >= 4 is 0 Å². The summed E-state index contributed by atoms with van der Waals surface area (Å²) < 4.78 is 0. The first kappa shape index (κ1) is 10.4. The van der Waals surface area contributed by atoms with Gasteiger partial charge in [0.1, 0.15) is 5.76 Å². The summed E-state index contributed by atoms with van der Waals surface area (Å²) >= 11 is 0. The van der Waals surface area contributed by atoms with Crippen molar-refractivity contribution in [2.45, 2.75) is 40.0 Å². The standard InChI is InChI=1S/C10H14O.C2H6/c1-2-4-10-5-3-9(11)6-8(10)7-10;1-2/h3,5-6,8,11H,2,4,7H2,1H3;1-2H3. The van der Waals surface area contributed by atoms with Crippen molar-refractivity contribution in [1.82, 2.24) is 0 Å². The predicted molar refractivity (Wildman–Crippen MR) is 56.6 cm³/mol. The lowest BCUT2D eigenvalue weighted by Crippen LogP contribution is -2.02. The fraction of sp³-hybridized carbons (Fsp3) is 0.667. The molecule has 1 nitrogen and oxygen atoms in total. The highest BCUT2D eigenvalue weighted by atomic mass is 16.3. The summed E-state index contributed by atoms with van der Waals surface area (Å²) in [5, 5.41) is 9.16. The summed E-state index contributed by atoms with van der Waals surface area (Å²) in [5.74, 6) is 1.10. The van der Waals surface area contributed by atoms with E-state index in [1.807, 2.05) is 26.0 Å². The zero-order chi connectivity index (χ0) is 9.90. The van der Waals surface area contributed by atoms with E-state index >= 15 is 0 Å². The molecule has 0 aliphatic heterocycles. The van der Waals surface area contributed by atoms with Gasteiger partial charge in [-0.1, -0.05) is 33.3 Å². The summed E-state index contributed by atoms with van der Waals surface area (Å²) in [6, 6.07) is 0. The lowest BCUT2D eigenvalue weighted by Gasteiger charge is -2.12. The first-order valence-corrected chi connectivity index (χ1v) is 5.37. The van der Waals surface area contributed by atoms with E-state index in [2.05, 4.69) is 13.0 Å². The largest absolute Gasteiger partial charge is 0.508 e. The van der Waals surface area contributed by atoms with Gasteiger partial charge in [0.15, 0.2) is 0 Å². The van der Waals surface area contributed by atoms with Crippen LogP contribution in [0.5, 0.6) is 0 Å². The fourth-order valence-electron chi connectivity index (χ4n) is 2.12. The van der Waals surface area contributed by atoms with Gasteiger partial charge in [-0.3, -0.25) is 0 Å². The van der Waals surface area contributed by atoms with E-state index in [1.165, 1.54) is 19.3 Å². The lowest BCUT2D eigenvalue weighted by molar-refractivity contribution is 0.416. The number of aliphatic hydroxyl groups is 1. The Kier molecular flexibility index (Phi) is 3.18. The van der Waals surface area contributed by atoms with Gasteiger partial charge in [-0.2, -0.15) is 0 Å². The topological polar surface area (TPSA) is 20.2 Å². The highest BCUT2D eigenvalue weighted by molar-refractivity contribution is 5.31. The molecule has 2 aliphatic carbocycles. The normalized spacial score (nSPS) is 34.1. The minimum Gasteiger partial charge on any atom is -0.508 e. The molecule has 0 radical (unpaired) electrons. The third kappa shape index (κ3) is 1.96. The monoisotopic (exact) mass is 180 g/mol. The SMILES string of the molecule is CC.CCCC12C=CC(O)=CC1C2. The van der Waals surface area contributed by atoms with E-state index < -0.39 is 0 Å².